The van der Waals surface area contributed by atoms with Gasteiger partial charge in [0.15, 0.2) is 0 Å². The van der Waals surface area contributed by atoms with Crippen molar-refractivity contribution in [1.29, 1.82) is 0 Å². The van der Waals surface area contributed by atoms with Crippen molar-refractivity contribution >= 4 is 48.8 Å². The quantitative estimate of drug-likeness (QED) is 0.0295. The fraction of sp³-hybridized carbons (Fsp3) is 0.396. The van der Waals surface area contributed by atoms with Gasteiger partial charge in [-0.2, -0.15) is 0 Å². The molecule has 0 aliphatic carbocycles. The Morgan fingerprint density at radius 2 is 0.562 bits per heavy atom. The lowest BCUT2D eigenvalue weighted by atomic mass is 9.93. The number of methoxy groups -OCH3 is 1. The van der Waals surface area contributed by atoms with Crippen LogP contribution in [0.15, 0.2) is 121 Å². The molecule has 73 heavy (non-hydrogen) atoms. The van der Waals surface area contributed by atoms with Gasteiger partial charge >= 0.3 is 42.3 Å². The Kier molecular flexibility index (Phi) is 22.7. The van der Waals surface area contributed by atoms with Gasteiger partial charge in [0.1, 0.15) is 94.3 Å². The molecule has 0 spiro atoms. The molecule has 4 aromatic carbocycles. The number of rotatable bonds is 29. The summed E-state index contributed by atoms with van der Waals surface area (Å²) >= 11 is 0. The summed E-state index contributed by atoms with van der Waals surface area (Å²) in [7, 11) is 1.35. The number of carbonyl (C=O) groups is 8. The molecular weight excluding hydrogens is 957 g/mol. The molecule has 0 heterocycles. The van der Waals surface area contributed by atoms with Crippen LogP contribution in [-0.4, -0.2) is 109 Å². The van der Waals surface area contributed by atoms with E-state index >= 15 is 0 Å². The molecule has 20 nitrogen and oxygen atoms in total. The van der Waals surface area contributed by atoms with E-state index in [2.05, 4.69) is 0 Å². The number of esters is 4. The van der Waals surface area contributed by atoms with Crippen molar-refractivity contribution in [2.75, 3.05) is 60.0 Å². The van der Waals surface area contributed by atoms with Gasteiger partial charge in [-0.25, -0.2) is 14.4 Å². The summed E-state index contributed by atoms with van der Waals surface area (Å²) in [5.74, 6) is -3.54. The maximum Gasteiger partial charge on any atom is 0.508 e. The van der Waals surface area contributed by atoms with Crippen LogP contribution in [0.2, 0.25) is 0 Å². The highest BCUT2D eigenvalue weighted by atomic mass is 16.7. The minimum absolute atomic E-state index is 0.0482. The van der Waals surface area contributed by atoms with Crippen LogP contribution in [0.5, 0.6) is 0 Å². The summed E-state index contributed by atoms with van der Waals surface area (Å²) < 4.78 is 63.6. The molecule has 0 N–H and O–H groups in total. The number of benzene rings is 4. The van der Waals surface area contributed by atoms with Gasteiger partial charge in [-0.1, -0.05) is 121 Å². The van der Waals surface area contributed by atoms with Gasteiger partial charge in [0, 0.05) is 7.11 Å². The van der Waals surface area contributed by atoms with E-state index in [0.29, 0.717) is 16.7 Å². The molecule has 0 aromatic heterocycles. The largest absolute Gasteiger partial charge is 0.508 e. The molecule has 4 rings (SSSR count). The summed E-state index contributed by atoms with van der Waals surface area (Å²) in [5, 5.41) is 0. The topological polar surface area (TPSA) is 247 Å². The van der Waals surface area contributed by atoms with Gasteiger partial charge in [0.25, 0.3) is 6.47 Å². The normalized spacial score (nSPS) is 14.0. The zero-order valence-corrected chi connectivity index (χ0v) is 41.3. The average molecular weight is 1020 g/mol. The van der Waals surface area contributed by atoms with Crippen LogP contribution in [-0.2, 0) is 107 Å². The minimum atomic E-state index is -1.93. The van der Waals surface area contributed by atoms with E-state index in [1.807, 2.05) is 6.07 Å². The van der Waals surface area contributed by atoms with Crippen LogP contribution in [0.25, 0.3) is 0 Å². The minimum Gasteiger partial charge on any atom is -0.467 e. The van der Waals surface area contributed by atoms with E-state index in [1.165, 1.54) is 34.8 Å². The zero-order chi connectivity index (χ0) is 53.2. The van der Waals surface area contributed by atoms with E-state index in [4.69, 9.17) is 56.8 Å². The Balaban J connectivity index is 1.41. The van der Waals surface area contributed by atoms with Crippen molar-refractivity contribution in [2.45, 2.75) is 54.1 Å². The van der Waals surface area contributed by atoms with Crippen LogP contribution in [0.3, 0.4) is 0 Å². The van der Waals surface area contributed by atoms with Gasteiger partial charge in [0.2, 0.25) is 0 Å². The van der Waals surface area contributed by atoms with Gasteiger partial charge in [-0.05, 0) is 49.9 Å². The predicted molar refractivity (Wildman–Crippen MR) is 253 cm³/mol. The number of ether oxygens (including phenoxy) is 12. The maximum absolute atomic E-state index is 13.7. The number of hydrogen-bond acceptors (Lipinski definition) is 20. The second-order valence-electron chi connectivity index (χ2n) is 17.8. The second kappa shape index (κ2) is 28.7. The molecule has 0 aliphatic rings. The van der Waals surface area contributed by atoms with Gasteiger partial charge in [-0.3, -0.25) is 24.0 Å². The average Bonchev–Trinajstić information content (AvgIpc) is 3.41. The van der Waals surface area contributed by atoms with Crippen LogP contribution in [0.1, 0.15) is 49.9 Å². The van der Waals surface area contributed by atoms with Crippen molar-refractivity contribution in [3.8, 4) is 0 Å². The summed E-state index contributed by atoms with van der Waals surface area (Å²) in [6.07, 6.45) is -4.08. The van der Waals surface area contributed by atoms with Crippen molar-refractivity contribution in [2.24, 2.45) is 21.7 Å². The molecule has 0 bridgehead atoms. The van der Waals surface area contributed by atoms with E-state index in [-0.39, 0.29) is 39.5 Å². The number of hydrogen-bond donors (Lipinski definition) is 0. The Labute approximate surface area is 422 Å². The molecule has 20 heteroatoms. The first-order valence-electron chi connectivity index (χ1n) is 22.7. The van der Waals surface area contributed by atoms with Crippen LogP contribution >= 0.6 is 0 Å². The molecule has 0 fully saturated rings. The van der Waals surface area contributed by atoms with Gasteiger partial charge < -0.3 is 56.8 Å². The standard InChI is InChI=1S/C53H60O20/c1-50(30-62-5,43(55)64-26-39-18-10-6-11-19-39)32-68-47(59)70-34-52(3,45(57)66-28-41-22-14-8-15-23-41)36-72-49(61)73-37-53(4,46(58)67-29-42-24-16-9-17-25-42)35-71-48(60)69-33-51(2,31-63-38-54)44(56)65-27-40-20-12-7-13-21-40/h6-25,38H,26-37H2,1-5H3. The third-order valence-electron chi connectivity index (χ3n) is 10.8. The van der Waals surface area contributed by atoms with Crippen molar-refractivity contribution in [3.63, 3.8) is 0 Å². The summed E-state index contributed by atoms with van der Waals surface area (Å²) in [5.41, 5.74) is -4.37. The monoisotopic (exact) mass is 1020 g/mol. The third-order valence-corrected chi connectivity index (χ3v) is 10.8. The highest BCUT2D eigenvalue weighted by Crippen LogP contribution is 2.27. The molecule has 4 aromatic rings. The van der Waals surface area contributed by atoms with Gasteiger partial charge in [-0.15, -0.1) is 0 Å². The van der Waals surface area contributed by atoms with Crippen LogP contribution < -0.4 is 0 Å². The fourth-order valence-electron chi connectivity index (χ4n) is 6.20. The Morgan fingerprint density at radius 3 is 0.781 bits per heavy atom. The first-order chi connectivity index (χ1) is 34.9. The maximum atomic E-state index is 13.7. The summed E-state index contributed by atoms with van der Waals surface area (Å²) in [4.78, 5) is 104. The molecule has 392 valence electrons. The smallest absolute Gasteiger partial charge is 0.467 e. The van der Waals surface area contributed by atoms with Gasteiger partial charge in [0.05, 0.1) is 6.61 Å². The van der Waals surface area contributed by atoms with Crippen LogP contribution in [0, 0.1) is 21.7 Å². The van der Waals surface area contributed by atoms with Crippen molar-refractivity contribution in [3.05, 3.63) is 144 Å². The molecular formula is C53H60O20. The first kappa shape index (κ1) is 57.6. The summed E-state index contributed by atoms with van der Waals surface area (Å²) in [6, 6.07) is 34.8. The summed E-state index contributed by atoms with van der Waals surface area (Å²) in [6.45, 7) is -0.312. The Morgan fingerprint density at radius 1 is 0.342 bits per heavy atom. The highest BCUT2D eigenvalue weighted by Gasteiger charge is 2.43. The third kappa shape index (κ3) is 19.3. The fourth-order valence-corrected chi connectivity index (χ4v) is 6.20. The second-order valence-corrected chi connectivity index (χ2v) is 17.8. The Hall–Kier alpha value is -8.00. The number of carbonyl (C=O) groups excluding carboxylic acids is 8. The molecule has 0 amide bonds. The molecule has 0 saturated carbocycles. The van der Waals surface area contributed by atoms with E-state index in [9.17, 15) is 38.4 Å². The van der Waals surface area contributed by atoms with E-state index < -0.39 is 110 Å². The van der Waals surface area contributed by atoms with E-state index in [1.54, 1.807) is 115 Å². The van der Waals surface area contributed by atoms with E-state index in [0.717, 1.165) is 5.56 Å². The van der Waals surface area contributed by atoms with Crippen LogP contribution in [0.4, 0.5) is 14.4 Å². The SMILES string of the molecule is COCC(C)(COC(=O)OCC(C)(COC(=O)OCC(C)(COC(=O)OCC(C)(COC=O)C(=O)OCc1ccccc1)C(=O)OCc1ccccc1)C(=O)OCc1ccccc1)C(=O)OCc1ccccc1. The first-order valence-corrected chi connectivity index (χ1v) is 22.7. The Bertz CT molecular complexity index is 2400. The predicted octanol–water partition coefficient (Wildman–Crippen LogP) is 7.26. The molecule has 0 saturated heterocycles. The molecule has 0 radical (unpaired) electrons. The lowest BCUT2D eigenvalue weighted by molar-refractivity contribution is -0.166. The highest BCUT2D eigenvalue weighted by molar-refractivity contribution is 5.80. The molecule has 4 atom stereocenters. The van der Waals surface area contributed by atoms with Crippen molar-refractivity contribution < 1.29 is 95.2 Å². The molecule has 0 aliphatic heterocycles. The zero-order valence-electron chi connectivity index (χ0n) is 41.3. The van der Waals surface area contributed by atoms with Crippen molar-refractivity contribution in [1.82, 2.24) is 0 Å². The molecule has 4 unspecified atom stereocenters. The lowest BCUT2D eigenvalue weighted by Crippen LogP contribution is -2.43. The lowest BCUT2D eigenvalue weighted by Gasteiger charge is -2.29.